The molecule has 2 aromatic rings. The van der Waals surface area contributed by atoms with Gasteiger partial charge in [-0.05, 0) is 11.6 Å². The molecule has 0 amide bonds. The summed E-state index contributed by atoms with van der Waals surface area (Å²) in [6.07, 6.45) is 3.27. The van der Waals surface area contributed by atoms with E-state index in [-0.39, 0.29) is 12.1 Å². The van der Waals surface area contributed by atoms with Gasteiger partial charge in [0.05, 0.1) is 6.54 Å². The first-order valence-corrected chi connectivity index (χ1v) is 5.40. The maximum Gasteiger partial charge on any atom is 0.290 e. The SMILES string of the molecule is NCc1ccn(CC(F)(F)c2ccccc2)c1. The number of nitrogens with two attached hydrogens (primary N) is 1. The predicted molar refractivity (Wildman–Crippen MR) is 62.7 cm³/mol. The minimum absolute atomic E-state index is 0.0306. The first kappa shape index (κ1) is 11.8. The van der Waals surface area contributed by atoms with Crippen molar-refractivity contribution in [1.82, 2.24) is 4.57 Å². The third kappa shape index (κ3) is 2.71. The number of hydrogen-bond donors (Lipinski definition) is 1. The Morgan fingerprint density at radius 1 is 1.12 bits per heavy atom. The summed E-state index contributed by atoms with van der Waals surface area (Å²) in [5.41, 5.74) is 6.32. The van der Waals surface area contributed by atoms with Crippen molar-refractivity contribution in [3.05, 3.63) is 59.9 Å². The molecule has 1 aromatic heterocycles. The van der Waals surface area contributed by atoms with Crippen molar-refractivity contribution in [1.29, 1.82) is 0 Å². The molecule has 0 bridgehead atoms. The fraction of sp³-hybridized carbons (Fsp3) is 0.231. The lowest BCUT2D eigenvalue weighted by molar-refractivity contribution is -0.0221. The minimum Gasteiger partial charge on any atom is -0.348 e. The molecule has 0 saturated carbocycles. The molecule has 1 heterocycles. The van der Waals surface area contributed by atoms with Crippen molar-refractivity contribution in [2.45, 2.75) is 19.0 Å². The van der Waals surface area contributed by atoms with Gasteiger partial charge in [-0.1, -0.05) is 30.3 Å². The van der Waals surface area contributed by atoms with Crippen molar-refractivity contribution in [3.63, 3.8) is 0 Å². The molecule has 2 nitrogen and oxygen atoms in total. The van der Waals surface area contributed by atoms with E-state index < -0.39 is 5.92 Å². The van der Waals surface area contributed by atoms with Crippen LogP contribution in [0.1, 0.15) is 11.1 Å². The minimum atomic E-state index is -2.87. The first-order chi connectivity index (χ1) is 8.12. The second-order valence-electron chi connectivity index (χ2n) is 3.97. The fourth-order valence-corrected chi connectivity index (χ4v) is 1.71. The average Bonchev–Trinajstić information content (AvgIpc) is 2.77. The van der Waals surface area contributed by atoms with Gasteiger partial charge in [-0.3, -0.25) is 0 Å². The Kier molecular flexibility index (Phi) is 3.24. The van der Waals surface area contributed by atoms with E-state index in [1.807, 2.05) is 0 Å². The highest BCUT2D eigenvalue weighted by Crippen LogP contribution is 2.29. The molecule has 0 saturated heterocycles. The number of aromatic nitrogens is 1. The van der Waals surface area contributed by atoms with Gasteiger partial charge in [0.25, 0.3) is 5.92 Å². The van der Waals surface area contributed by atoms with Crippen LogP contribution in [0.25, 0.3) is 0 Å². The summed E-state index contributed by atoms with van der Waals surface area (Å²) in [7, 11) is 0. The Hall–Kier alpha value is -1.68. The van der Waals surface area contributed by atoms with E-state index in [9.17, 15) is 8.78 Å². The average molecular weight is 236 g/mol. The lowest BCUT2D eigenvalue weighted by Gasteiger charge is -2.17. The van der Waals surface area contributed by atoms with Crippen LogP contribution in [0, 0.1) is 0 Å². The molecule has 4 heteroatoms. The summed E-state index contributed by atoms with van der Waals surface area (Å²) < 4.78 is 29.3. The van der Waals surface area contributed by atoms with Gasteiger partial charge in [-0.25, -0.2) is 0 Å². The van der Waals surface area contributed by atoms with Gasteiger partial charge in [0.2, 0.25) is 0 Å². The number of hydrogen-bond acceptors (Lipinski definition) is 1. The number of rotatable bonds is 4. The second kappa shape index (κ2) is 4.67. The van der Waals surface area contributed by atoms with Gasteiger partial charge in [0.1, 0.15) is 0 Å². The Morgan fingerprint density at radius 3 is 2.41 bits per heavy atom. The molecule has 0 spiro atoms. The number of benzene rings is 1. The van der Waals surface area contributed by atoms with Crippen molar-refractivity contribution >= 4 is 0 Å². The maximum absolute atomic E-state index is 13.9. The third-order valence-electron chi connectivity index (χ3n) is 2.62. The van der Waals surface area contributed by atoms with Crippen molar-refractivity contribution in [2.24, 2.45) is 5.73 Å². The molecule has 2 rings (SSSR count). The van der Waals surface area contributed by atoms with Crippen LogP contribution in [0.5, 0.6) is 0 Å². The zero-order chi connectivity index (χ0) is 12.3. The van der Waals surface area contributed by atoms with Crippen LogP contribution in [-0.4, -0.2) is 4.57 Å². The standard InChI is InChI=1S/C13H14F2N2/c14-13(15,12-4-2-1-3-5-12)10-17-7-6-11(8-16)9-17/h1-7,9H,8,10,16H2. The maximum atomic E-state index is 13.9. The Bertz CT molecular complexity index is 477. The van der Waals surface area contributed by atoms with Crippen LogP contribution in [0.2, 0.25) is 0 Å². The summed E-state index contributed by atoms with van der Waals surface area (Å²) in [6.45, 7) is 0.000914. The Balaban J connectivity index is 2.17. The van der Waals surface area contributed by atoms with Gasteiger partial charge in [-0.2, -0.15) is 8.78 Å². The molecular weight excluding hydrogens is 222 g/mol. The molecule has 90 valence electrons. The van der Waals surface area contributed by atoms with E-state index in [0.717, 1.165) is 5.56 Å². The topological polar surface area (TPSA) is 30.9 Å². The van der Waals surface area contributed by atoms with Crippen LogP contribution < -0.4 is 5.73 Å². The molecule has 1 aromatic carbocycles. The molecule has 0 radical (unpaired) electrons. The van der Waals surface area contributed by atoms with Crippen LogP contribution in [-0.2, 0) is 19.0 Å². The fourth-order valence-electron chi connectivity index (χ4n) is 1.71. The summed E-state index contributed by atoms with van der Waals surface area (Å²) in [4.78, 5) is 0. The van der Waals surface area contributed by atoms with Crippen LogP contribution >= 0.6 is 0 Å². The van der Waals surface area contributed by atoms with E-state index in [1.54, 1.807) is 36.7 Å². The molecule has 0 atom stereocenters. The Morgan fingerprint density at radius 2 is 1.82 bits per heavy atom. The third-order valence-corrected chi connectivity index (χ3v) is 2.62. The monoisotopic (exact) mass is 236 g/mol. The van der Waals surface area contributed by atoms with Gasteiger partial charge in [0, 0.05) is 24.5 Å². The highest BCUT2D eigenvalue weighted by atomic mass is 19.3. The number of halogens is 2. The molecule has 0 aliphatic heterocycles. The molecule has 17 heavy (non-hydrogen) atoms. The smallest absolute Gasteiger partial charge is 0.290 e. The lowest BCUT2D eigenvalue weighted by atomic mass is 10.1. The van der Waals surface area contributed by atoms with Gasteiger partial charge in [-0.15, -0.1) is 0 Å². The zero-order valence-electron chi connectivity index (χ0n) is 9.31. The van der Waals surface area contributed by atoms with Crippen molar-refractivity contribution < 1.29 is 8.78 Å². The highest BCUT2D eigenvalue weighted by molar-refractivity contribution is 5.20. The zero-order valence-corrected chi connectivity index (χ0v) is 9.31. The lowest BCUT2D eigenvalue weighted by Crippen LogP contribution is -2.20. The molecule has 0 aliphatic carbocycles. The predicted octanol–water partition coefficient (Wildman–Crippen LogP) is 2.74. The molecule has 0 aliphatic rings. The van der Waals surface area contributed by atoms with E-state index >= 15 is 0 Å². The first-order valence-electron chi connectivity index (χ1n) is 5.40. The quantitative estimate of drug-likeness (QED) is 0.869. The normalized spacial score (nSPS) is 11.7. The molecule has 2 N–H and O–H groups in total. The molecular formula is C13H14F2N2. The van der Waals surface area contributed by atoms with Crippen molar-refractivity contribution in [2.75, 3.05) is 0 Å². The van der Waals surface area contributed by atoms with E-state index in [2.05, 4.69) is 0 Å². The Labute approximate surface area is 98.7 Å². The molecule has 0 fully saturated rings. The highest BCUT2D eigenvalue weighted by Gasteiger charge is 2.31. The summed E-state index contributed by atoms with van der Waals surface area (Å²) in [5, 5.41) is 0. The summed E-state index contributed by atoms with van der Waals surface area (Å²) in [5.74, 6) is -2.87. The van der Waals surface area contributed by atoms with Gasteiger partial charge < -0.3 is 10.3 Å². The second-order valence-corrected chi connectivity index (χ2v) is 3.97. The van der Waals surface area contributed by atoms with Crippen LogP contribution in [0.4, 0.5) is 8.78 Å². The number of alkyl halides is 2. The largest absolute Gasteiger partial charge is 0.348 e. The summed E-state index contributed by atoms with van der Waals surface area (Å²) in [6, 6.07) is 9.58. The van der Waals surface area contributed by atoms with Crippen LogP contribution in [0.3, 0.4) is 0 Å². The van der Waals surface area contributed by atoms with Gasteiger partial charge >= 0.3 is 0 Å². The van der Waals surface area contributed by atoms with Gasteiger partial charge in [0.15, 0.2) is 0 Å². The van der Waals surface area contributed by atoms with E-state index in [0.29, 0.717) is 6.54 Å². The number of nitrogens with zero attached hydrogens (tertiary/aromatic N) is 1. The molecule has 0 unspecified atom stereocenters. The van der Waals surface area contributed by atoms with E-state index in [1.165, 1.54) is 16.7 Å². The van der Waals surface area contributed by atoms with Crippen LogP contribution in [0.15, 0.2) is 48.8 Å². The van der Waals surface area contributed by atoms with E-state index in [4.69, 9.17) is 5.73 Å². The van der Waals surface area contributed by atoms with Crippen molar-refractivity contribution in [3.8, 4) is 0 Å². The summed E-state index contributed by atoms with van der Waals surface area (Å²) >= 11 is 0.